The Bertz CT molecular complexity index is 1110. The van der Waals surface area contributed by atoms with E-state index in [4.69, 9.17) is 9.84 Å². The van der Waals surface area contributed by atoms with Crippen LogP contribution in [-0.4, -0.2) is 36.2 Å². The number of ether oxygens (including phenoxy) is 1. The van der Waals surface area contributed by atoms with Gasteiger partial charge in [0.1, 0.15) is 10.6 Å². The van der Waals surface area contributed by atoms with Gasteiger partial charge in [0.05, 0.1) is 12.7 Å². The number of aromatic nitrogens is 2. The van der Waals surface area contributed by atoms with Crippen LogP contribution in [0.5, 0.6) is 5.75 Å². The average Bonchev–Trinajstić information content (AvgIpc) is 3.07. The predicted molar refractivity (Wildman–Crippen MR) is 105 cm³/mol. The highest BCUT2D eigenvalue weighted by atomic mass is 32.2. The fourth-order valence-corrected chi connectivity index (χ4v) is 4.43. The molecule has 146 valence electrons. The number of rotatable bonds is 7. The van der Waals surface area contributed by atoms with E-state index in [2.05, 4.69) is 9.71 Å². The molecule has 0 bridgehead atoms. The van der Waals surface area contributed by atoms with Gasteiger partial charge in [-0.05, 0) is 42.5 Å². The molecule has 8 nitrogen and oxygen atoms in total. The highest BCUT2D eigenvalue weighted by Gasteiger charge is 2.22. The zero-order valence-electron chi connectivity index (χ0n) is 15.0. The van der Waals surface area contributed by atoms with E-state index in [1.165, 1.54) is 31.0 Å². The first kappa shape index (κ1) is 19.8. The van der Waals surface area contributed by atoms with E-state index < -0.39 is 16.0 Å². The van der Waals surface area contributed by atoms with E-state index in [0.717, 1.165) is 16.1 Å². The quantitative estimate of drug-likeness (QED) is 0.605. The first-order valence-corrected chi connectivity index (χ1v) is 10.3. The molecule has 3 aromatic rings. The number of hydrogen-bond donors (Lipinski definition) is 2. The second-order valence-corrected chi connectivity index (χ2v) is 8.41. The molecule has 0 saturated carbocycles. The molecule has 0 fully saturated rings. The van der Waals surface area contributed by atoms with Gasteiger partial charge in [0, 0.05) is 30.0 Å². The first-order valence-electron chi connectivity index (χ1n) is 7.99. The number of benzene rings is 2. The van der Waals surface area contributed by atoms with Crippen molar-refractivity contribution in [3.8, 4) is 5.75 Å². The van der Waals surface area contributed by atoms with Crippen LogP contribution >= 0.6 is 11.8 Å². The SMILES string of the molecule is COc1ccc(C(=O)O)cc1S(=O)(=O)Nc1ccc(Sc2nccn2C)cc1. The van der Waals surface area contributed by atoms with Crippen molar-refractivity contribution in [2.45, 2.75) is 14.9 Å². The number of carboxylic acids is 1. The Balaban J connectivity index is 1.83. The van der Waals surface area contributed by atoms with Crippen LogP contribution in [0, 0.1) is 0 Å². The molecule has 3 rings (SSSR count). The fraction of sp³-hybridized carbons (Fsp3) is 0.111. The second-order valence-electron chi connectivity index (χ2n) is 5.72. The van der Waals surface area contributed by atoms with Gasteiger partial charge < -0.3 is 14.4 Å². The first-order chi connectivity index (χ1) is 13.3. The van der Waals surface area contributed by atoms with Gasteiger partial charge in [-0.1, -0.05) is 11.8 Å². The maximum absolute atomic E-state index is 12.7. The van der Waals surface area contributed by atoms with E-state index in [1.54, 1.807) is 30.5 Å². The lowest BCUT2D eigenvalue weighted by molar-refractivity contribution is 0.0696. The molecule has 0 aliphatic heterocycles. The van der Waals surface area contributed by atoms with E-state index in [1.807, 2.05) is 17.8 Å². The summed E-state index contributed by atoms with van der Waals surface area (Å²) < 4.78 is 34.9. The average molecular weight is 419 g/mol. The van der Waals surface area contributed by atoms with E-state index >= 15 is 0 Å². The van der Waals surface area contributed by atoms with Gasteiger partial charge in [0.25, 0.3) is 10.0 Å². The molecular weight excluding hydrogens is 402 g/mol. The van der Waals surface area contributed by atoms with Crippen LogP contribution in [0.1, 0.15) is 10.4 Å². The van der Waals surface area contributed by atoms with Crippen molar-refractivity contribution >= 4 is 33.4 Å². The molecule has 1 aromatic heterocycles. The highest BCUT2D eigenvalue weighted by molar-refractivity contribution is 7.99. The smallest absolute Gasteiger partial charge is 0.335 e. The molecule has 0 aliphatic carbocycles. The summed E-state index contributed by atoms with van der Waals surface area (Å²) in [5.41, 5.74) is 0.190. The predicted octanol–water partition coefficient (Wildman–Crippen LogP) is 3.08. The number of methoxy groups -OCH3 is 1. The summed E-state index contributed by atoms with van der Waals surface area (Å²) in [4.78, 5) is 16.0. The van der Waals surface area contributed by atoms with Crippen LogP contribution in [0.2, 0.25) is 0 Å². The summed E-state index contributed by atoms with van der Waals surface area (Å²) in [6.07, 6.45) is 3.53. The largest absolute Gasteiger partial charge is 0.495 e. The van der Waals surface area contributed by atoms with Gasteiger partial charge in [0.2, 0.25) is 0 Å². The number of carboxylic acid groups (broad SMARTS) is 1. The molecule has 28 heavy (non-hydrogen) atoms. The summed E-state index contributed by atoms with van der Waals surface area (Å²) in [5, 5.41) is 9.93. The zero-order valence-corrected chi connectivity index (χ0v) is 16.6. The Morgan fingerprint density at radius 2 is 1.93 bits per heavy atom. The number of hydrogen-bond acceptors (Lipinski definition) is 6. The van der Waals surface area contributed by atoms with Crippen molar-refractivity contribution in [2.24, 2.45) is 7.05 Å². The van der Waals surface area contributed by atoms with Crippen LogP contribution in [0.3, 0.4) is 0 Å². The number of carbonyl (C=O) groups is 1. The summed E-state index contributed by atoms with van der Waals surface area (Å²) >= 11 is 1.44. The monoisotopic (exact) mass is 419 g/mol. The topological polar surface area (TPSA) is 111 Å². The molecule has 0 aliphatic rings. The van der Waals surface area contributed by atoms with E-state index in [0.29, 0.717) is 5.69 Å². The number of aryl methyl sites for hydroxylation is 1. The van der Waals surface area contributed by atoms with Crippen LogP contribution in [-0.2, 0) is 17.1 Å². The Morgan fingerprint density at radius 1 is 1.21 bits per heavy atom. The molecule has 0 saturated heterocycles. The summed E-state index contributed by atoms with van der Waals surface area (Å²) in [6, 6.07) is 10.4. The summed E-state index contributed by atoms with van der Waals surface area (Å²) in [6.45, 7) is 0. The Morgan fingerprint density at radius 3 is 2.50 bits per heavy atom. The Kier molecular flexibility index (Phi) is 5.61. The summed E-state index contributed by atoms with van der Waals surface area (Å²) in [7, 11) is -0.840. The van der Waals surface area contributed by atoms with E-state index in [9.17, 15) is 13.2 Å². The number of nitrogens with zero attached hydrogens (tertiary/aromatic N) is 2. The van der Waals surface area contributed by atoms with Crippen molar-refractivity contribution < 1.29 is 23.1 Å². The van der Waals surface area contributed by atoms with Crippen molar-refractivity contribution in [1.29, 1.82) is 0 Å². The lowest BCUT2D eigenvalue weighted by Gasteiger charge is -2.12. The third kappa shape index (κ3) is 4.29. The molecule has 0 unspecified atom stereocenters. The van der Waals surface area contributed by atoms with Crippen LogP contribution in [0.15, 0.2) is 69.8 Å². The maximum Gasteiger partial charge on any atom is 0.335 e. The van der Waals surface area contributed by atoms with E-state index in [-0.39, 0.29) is 16.2 Å². The molecule has 0 atom stereocenters. The fourth-order valence-electron chi connectivity index (χ4n) is 2.38. The van der Waals surface area contributed by atoms with Crippen molar-refractivity contribution in [3.05, 3.63) is 60.4 Å². The van der Waals surface area contributed by atoms with Gasteiger partial charge in [-0.25, -0.2) is 18.2 Å². The minimum absolute atomic E-state index is 0.0551. The number of sulfonamides is 1. The third-order valence-corrected chi connectivity index (χ3v) is 6.28. The molecule has 1 heterocycles. The number of aromatic carboxylic acids is 1. The van der Waals surface area contributed by atoms with Gasteiger partial charge in [-0.3, -0.25) is 4.72 Å². The molecule has 2 aromatic carbocycles. The normalized spacial score (nSPS) is 11.2. The molecule has 0 radical (unpaired) electrons. The maximum atomic E-state index is 12.7. The second kappa shape index (κ2) is 7.95. The number of nitrogens with one attached hydrogen (secondary N) is 1. The Labute approximate surface area is 166 Å². The minimum Gasteiger partial charge on any atom is -0.495 e. The number of anilines is 1. The number of imidazole rings is 1. The molecular formula is C18H17N3O5S2. The highest BCUT2D eigenvalue weighted by Crippen LogP contribution is 2.29. The molecule has 0 spiro atoms. The standard InChI is InChI=1S/C18H17N3O5S2/c1-21-10-9-19-18(21)27-14-6-4-13(5-7-14)20-28(24,25)16-11-12(17(22)23)3-8-15(16)26-2/h3-11,20H,1-2H3,(H,22,23). The van der Waals surface area contributed by atoms with Crippen LogP contribution in [0.25, 0.3) is 0 Å². The molecule has 10 heteroatoms. The molecule has 2 N–H and O–H groups in total. The van der Waals surface area contributed by atoms with Crippen molar-refractivity contribution in [1.82, 2.24) is 9.55 Å². The molecule has 0 amide bonds. The van der Waals surface area contributed by atoms with Gasteiger partial charge in [-0.15, -0.1) is 0 Å². The van der Waals surface area contributed by atoms with Gasteiger partial charge in [0.15, 0.2) is 5.16 Å². The van der Waals surface area contributed by atoms with Gasteiger partial charge in [-0.2, -0.15) is 0 Å². The lowest BCUT2D eigenvalue weighted by atomic mass is 10.2. The lowest BCUT2D eigenvalue weighted by Crippen LogP contribution is -2.15. The van der Waals surface area contributed by atoms with Gasteiger partial charge >= 0.3 is 5.97 Å². The third-order valence-electron chi connectivity index (χ3n) is 3.79. The zero-order chi connectivity index (χ0) is 20.3. The van der Waals surface area contributed by atoms with Crippen molar-refractivity contribution in [3.63, 3.8) is 0 Å². The van der Waals surface area contributed by atoms with Crippen LogP contribution in [0.4, 0.5) is 5.69 Å². The minimum atomic E-state index is -4.04. The Hall–Kier alpha value is -2.98. The summed E-state index contributed by atoms with van der Waals surface area (Å²) in [5.74, 6) is -1.17. The van der Waals surface area contributed by atoms with Crippen molar-refractivity contribution in [2.75, 3.05) is 11.8 Å². The van der Waals surface area contributed by atoms with Crippen LogP contribution < -0.4 is 9.46 Å².